The summed E-state index contributed by atoms with van der Waals surface area (Å²) >= 11 is 1.55. The summed E-state index contributed by atoms with van der Waals surface area (Å²) in [6, 6.07) is 20.8. The number of nitrogens with zero attached hydrogens (tertiary/aromatic N) is 3. The normalized spacial score (nSPS) is 10.8. The number of rotatable bonds is 6. The van der Waals surface area contributed by atoms with Gasteiger partial charge in [0.05, 0.1) is 28.1 Å². The number of thiazole rings is 1. The van der Waals surface area contributed by atoms with E-state index in [4.69, 9.17) is 0 Å². The Bertz CT molecular complexity index is 1400. The van der Waals surface area contributed by atoms with E-state index in [0.717, 1.165) is 38.4 Å². The van der Waals surface area contributed by atoms with E-state index in [1.54, 1.807) is 23.5 Å². The van der Waals surface area contributed by atoms with Gasteiger partial charge in [0.2, 0.25) is 0 Å². The molecule has 3 heterocycles. The molecule has 0 unspecified atom stereocenters. The number of hydrogen-bond acceptors (Lipinski definition) is 6. The first kappa shape index (κ1) is 19.8. The minimum atomic E-state index is -0.164. The van der Waals surface area contributed by atoms with Crippen LogP contribution in [0.1, 0.15) is 13.2 Å². The van der Waals surface area contributed by atoms with Crippen molar-refractivity contribution in [3.63, 3.8) is 0 Å². The number of nitrogens with one attached hydrogen (secondary N) is 3. The average molecular weight is 445 g/mol. The smallest absolute Gasteiger partial charge is 0.255 e. The molecule has 0 atom stereocenters. The third-order valence-electron chi connectivity index (χ3n) is 5.02. The highest BCUT2D eigenvalue weighted by Crippen LogP contribution is 2.31. The molecule has 7 nitrogen and oxygen atoms in total. The van der Waals surface area contributed by atoms with E-state index in [-0.39, 0.29) is 8.76 Å². The van der Waals surface area contributed by atoms with Gasteiger partial charge >= 0.3 is 0 Å². The summed E-state index contributed by atoms with van der Waals surface area (Å²) in [7, 11) is 1.82. The molecule has 5 aromatic rings. The van der Waals surface area contributed by atoms with Crippen LogP contribution in [0.5, 0.6) is 0 Å². The number of imidazole rings is 1. The van der Waals surface area contributed by atoms with Crippen LogP contribution >= 0.6 is 11.3 Å². The molecule has 0 fully saturated rings. The quantitative estimate of drug-likeness (QED) is 0.300. The summed E-state index contributed by atoms with van der Waals surface area (Å²) in [4.78, 5) is 22.6. The number of aromatic nitrogens is 3. The maximum Gasteiger partial charge on any atom is 0.255 e. The molecule has 0 saturated heterocycles. The van der Waals surface area contributed by atoms with Crippen molar-refractivity contribution in [3.8, 4) is 10.6 Å². The van der Waals surface area contributed by atoms with Crippen LogP contribution in [0.2, 0.25) is 0 Å². The van der Waals surface area contributed by atoms with Gasteiger partial charge in [-0.3, -0.25) is 9.20 Å². The predicted molar refractivity (Wildman–Crippen MR) is 134 cm³/mol. The van der Waals surface area contributed by atoms with E-state index in [9.17, 15) is 4.79 Å². The van der Waals surface area contributed by atoms with E-state index in [0.29, 0.717) is 5.56 Å². The molecule has 3 N–H and O–H groups in total. The standard InChI is InChI=1S/C24H20N6OS.2H2/c1-25-18-6-2-3-7-19(18)29-23(31)16-9-11-17(12-10-16)28-24-27-15-21(32-24)20-14-26-22-8-4-5-13-30(20)22;;/h2-15,25H,1H3,(H,27,28)(H,29,31);2*1H. The topological polar surface area (TPSA) is 83.3 Å². The molecule has 0 aliphatic rings. The lowest BCUT2D eigenvalue weighted by Crippen LogP contribution is -2.13. The third kappa shape index (κ3) is 3.91. The fourth-order valence-corrected chi connectivity index (χ4v) is 4.24. The van der Waals surface area contributed by atoms with E-state index < -0.39 is 0 Å². The summed E-state index contributed by atoms with van der Waals surface area (Å²) < 4.78 is 2.04. The van der Waals surface area contributed by atoms with Gasteiger partial charge in [-0.1, -0.05) is 29.5 Å². The molecule has 0 bridgehead atoms. The summed E-state index contributed by atoms with van der Waals surface area (Å²) in [5, 5.41) is 10.1. The van der Waals surface area contributed by atoms with E-state index >= 15 is 0 Å². The third-order valence-corrected chi connectivity index (χ3v) is 5.95. The number of pyridine rings is 1. The first-order chi connectivity index (χ1) is 15.7. The minimum Gasteiger partial charge on any atom is -0.386 e. The van der Waals surface area contributed by atoms with Gasteiger partial charge in [0.25, 0.3) is 5.91 Å². The molecule has 32 heavy (non-hydrogen) atoms. The molecule has 0 saturated carbocycles. The fourth-order valence-electron chi connectivity index (χ4n) is 3.40. The first-order valence-corrected chi connectivity index (χ1v) is 10.9. The zero-order chi connectivity index (χ0) is 21.9. The van der Waals surface area contributed by atoms with Crippen molar-refractivity contribution < 1.29 is 7.65 Å². The Balaban J connectivity index is 0.00000162. The molecule has 5 rings (SSSR count). The Kier molecular flexibility index (Phi) is 5.27. The van der Waals surface area contributed by atoms with Crippen molar-refractivity contribution in [2.24, 2.45) is 0 Å². The second-order valence-electron chi connectivity index (χ2n) is 7.05. The number of para-hydroxylation sites is 2. The number of anilines is 4. The Morgan fingerprint density at radius 3 is 2.53 bits per heavy atom. The van der Waals surface area contributed by atoms with Crippen LogP contribution in [-0.2, 0) is 0 Å². The lowest BCUT2D eigenvalue weighted by Gasteiger charge is -2.11. The maximum atomic E-state index is 12.6. The Morgan fingerprint density at radius 1 is 0.938 bits per heavy atom. The van der Waals surface area contributed by atoms with Gasteiger partial charge in [-0.15, -0.1) is 0 Å². The zero-order valence-electron chi connectivity index (χ0n) is 17.2. The Labute approximate surface area is 191 Å². The van der Waals surface area contributed by atoms with Gasteiger partial charge < -0.3 is 16.0 Å². The first-order valence-electron chi connectivity index (χ1n) is 10.0. The minimum absolute atomic E-state index is 0. The predicted octanol–water partition coefficient (Wildman–Crippen LogP) is 5.99. The summed E-state index contributed by atoms with van der Waals surface area (Å²) in [6.07, 6.45) is 5.68. The number of carbonyl (C=O) groups is 1. The van der Waals surface area contributed by atoms with Crippen LogP contribution in [0.4, 0.5) is 22.2 Å². The van der Waals surface area contributed by atoms with Crippen molar-refractivity contribution >= 4 is 45.1 Å². The largest absolute Gasteiger partial charge is 0.386 e. The number of fused-ring (bicyclic) bond motifs is 1. The SMILES string of the molecule is CNc1ccccc1NC(=O)c1ccc(Nc2ncc(-c3cnc4ccccn34)s2)cc1.[HH].[HH]. The molecule has 1 amide bonds. The average Bonchev–Trinajstić information content (AvgIpc) is 3.46. The molecular formula is C24H24N6OS. The maximum absolute atomic E-state index is 12.6. The van der Waals surface area contributed by atoms with Crippen molar-refractivity contribution in [3.05, 3.63) is 90.9 Å². The van der Waals surface area contributed by atoms with Crippen molar-refractivity contribution in [2.75, 3.05) is 23.0 Å². The van der Waals surface area contributed by atoms with E-state index in [1.165, 1.54) is 0 Å². The second-order valence-corrected chi connectivity index (χ2v) is 8.08. The Hall–Kier alpha value is -4.17. The number of carbonyl (C=O) groups excluding carboxylic acids is 1. The highest BCUT2D eigenvalue weighted by Gasteiger charge is 2.11. The zero-order valence-corrected chi connectivity index (χ0v) is 18.1. The van der Waals surface area contributed by atoms with Crippen molar-refractivity contribution in [1.82, 2.24) is 14.4 Å². The highest BCUT2D eigenvalue weighted by molar-refractivity contribution is 7.18. The molecule has 0 spiro atoms. The lowest BCUT2D eigenvalue weighted by molar-refractivity contribution is 0.102. The summed E-state index contributed by atoms with van der Waals surface area (Å²) in [5.74, 6) is -0.164. The van der Waals surface area contributed by atoms with Gasteiger partial charge in [0, 0.05) is 33.5 Å². The van der Waals surface area contributed by atoms with Crippen molar-refractivity contribution in [2.45, 2.75) is 0 Å². The molecule has 162 valence electrons. The number of amides is 1. The second kappa shape index (κ2) is 8.52. The van der Waals surface area contributed by atoms with Gasteiger partial charge in [-0.2, -0.15) is 0 Å². The molecule has 0 aliphatic carbocycles. The molecule has 3 aromatic heterocycles. The number of benzene rings is 2. The van der Waals surface area contributed by atoms with Gasteiger partial charge in [0.15, 0.2) is 5.13 Å². The summed E-state index contributed by atoms with van der Waals surface area (Å²) in [6.45, 7) is 0. The molecular weight excluding hydrogens is 420 g/mol. The Morgan fingerprint density at radius 2 is 1.72 bits per heavy atom. The van der Waals surface area contributed by atoms with Gasteiger partial charge in [-0.05, 0) is 48.5 Å². The van der Waals surface area contributed by atoms with Crippen LogP contribution in [0.3, 0.4) is 0 Å². The fraction of sp³-hybridized carbons (Fsp3) is 0.0417. The molecule has 8 heteroatoms. The van der Waals surface area contributed by atoms with Crippen LogP contribution in [0, 0.1) is 0 Å². The van der Waals surface area contributed by atoms with Crippen LogP contribution in [0.25, 0.3) is 16.2 Å². The summed E-state index contributed by atoms with van der Waals surface area (Å²) in [5.41, 5.74) is 4.94. The van der Waals surface area contributed by atoms with E-state index in [2.05, 4.69) is 25.9 Å². The van der Waals surface area contributed by atoms with Crippen molar-refractivity contribution in [1.29, 1.82) is 0 Å². The highest BCUT2D eigenvalue weighted by atomic mass is 32.1. The molecule has 0 aliphatic heterocycles. The van der Waals surface area contributed by atoms with Gasteiger partial charge in [-0.25, -0.2) is 9.97 Å². The van der Waals surface area contributed by atoms with Crippen LogP contribution in [0.15, 0.2) is 85.3 Å². The monoisotopic (exact) mass is 444 g/mol. The van der Waals surface area contributed by atoms with Gasteiger partial charge in [0.1, 0.15) is 5.65 Å². The van der Waals surface area contributed by atoms with E-state index in [1.807, 2.05) is 84.6 Å². The van der Waals surface area contributed by atoms with Crippen LogP contribution in [-0.4, -0.2) is 27.3 Å². The van der Waals surface area contributed by atoms with Crippen LogP contribution < -0.4 is 16.0 Å². The molecule has 2 aromatic carbocycles. The molecule has 0 radical (unpaired) electrons. The lowest BCUT2D eigenvalue weighted by atomic mass is 10.2. The number of hydrogen-bond donors (Lipinski definition) is 3.